The minimum atomic E-state index is -1.65. The van der Waals surface area contributed by atoms with Gasteiger partial charge in [0.25, 0.3) is 0 Å². The standard InChI is InChI=1S/C19H27NSi/c1-14(2)21(15(3)4,16(5)6)13-11-18-9-7-8-17-10-12-20-19(17)18/h7-10,12,14-16,20H,1-6H3. The molecule has 0 bridgehead atoms. The third-order valence-electron chi connectivity index (χ3n) is 4.87. The van der Waals surface area contributed by atoms with E-state index < -0.39 is 8.07 Å². The van der Waals surface area contributed by atoms with Gasteiger partial charge in [-0.25, -0.2) is 0 Å². The van der Waals surface area contributed by atoms with Crippen LogP contribution in [0.3, 0.4) is 0 Å². The van der Waals surface area contributed by atoms with Crippen molar-refractivity contribution < 1.29 is 0 Å². The van der Waals surface area contributed by atoms with E-state index in [1.807, 2.05) is 6.20 Å². The number of nitrogens with one attached hydrogen (secondary N) is 1. The first-order valence-corrected chi connectivity index (χ1v) is 10.2. The largest absolute Gasteiger partial charge is 0.360 e. The fourth-order valence-electron chi connectivity index (χ4n) is 3.80. The van der Waals surface area contributed by atoms with E-state index in [2.05, 4.69) is 82.3 Å². The van der Waals surface area contributed by atoms with E-state index in [1.54, 1.807) is 0 Å². The van der Waals surface area contributed by atoms with E-state index in [4.69, 9.17) is 0 Å². The van der Waals surface area contributed by atoms with E-state index >= 15 is 0 Å². The molecule has 0 aliphatic heterocycles. The number of aromatic amines is 1. The van der Waals surface area contributed by atoms with Crippen LogP contribution in [-0.4, -0.2) is 13.1 Å². The number of fused-ring (bicyclic) bond motifs is 1. The summed E-state index contributed by atoms with van der Waals surface area (Å²) < 4.78 is 0. The quantitative estimate of drug-likeness (QED) is 0.549. The Bertz CT molecular complexity index is 646. The molecule has 0 amide bonds. The van der Waals surface area contributed by atoms with E-state index in [-0.39, 0.29) is 0 Å². The number of rotatable bonds is 3. The highest BCUT2D eigenvalue weighted by molar-refractivity contribution is 6.90. The maximum Gasteiger partial charge on any atom is 0.146 e. The lowest BCUT2D eigenvalue weighted by atomic mass is 10.1. The molecule has 0 aliphatic carbocycles. The van der Waals surface area contributed by atoms with Gasteiger partial charge in [-0.2, -0.15) is 0 Å². The SMILES string of the molecule is CC(C)[Si](C#Cc1cccc2cc[nH]c12)(C(C)C)C(C)C. The number of H-pyrrole nitrogens is 1. The molecule has 0 saturated heterocycles. The normalized spacial score (nSPS) is 12.2. The number of aromatic nitrogens is 1. The summed E-state index contributed by atoms with van der Waals surface area (Å²) in [6.45, 7) is 14.1. The molecule has 0 atom stereocenters. The zero-order valence-corrected chi connectivity index (χ0v) is 15.1. The van der Waals surface area contributed by atoms with Crippen LogP contribution in [-0.2, 0) is 0 Å². The van der Waals surface area contributed by atoms with Crippen LogP contribution in [0.1, 0.15) is 47.1 Å². The second kappa shape index (κ2) is 6.11. The maximum atomic E-state index is 3.80. The van der Waals surface area contributed by atoms with Crippen molar-refractivity contribution in [3.63, 3.8) is 0 Å². The Hall–Kier alpha value is -1.46. The van der Waals surface area contributed by atoms with Crippen molar-refractivity contribution in [3.8, 4) is 11.5 Å². The fraction of sp³-hybridized carbons (Fsp3) is 0.474. The molecule has 112 valence electrons. The summed E-state index contributed by atoms with van der Waals surface area (Å²) in [4.78, 5) is 3.33. The molecule has 2 aromatic rings. The van der Waals surface area contributed by atoms with Crippen LogP contribution < -0.4 is 0 Å². The Morgan fingerprint density at radius 3 is 2.10 bits per heavy atom. The highest BCUT2D eigenvalue weighted by Gasteiger charge is 2.41. The lowest BCUT2D eigenvalue weighted by Gasteiger charge is -2.38. The number of hydrogen-bond acceptors (Lipinski definition) is 0. The van der Waals surface area contributed by atoms with Gasteiger partial charge in [0, 0.05) is 17.1 Å². The lowest BCUT2D eigenvalue weighted by Crippen LogP contribution is -2.43. The molecule has 0 unspecified atom stereocenters. The summed E-state index contributed by atoms with van der Waals surface area (Å²) in [6.07, 6.45) is 1.99. The Kier molecular flexibility index (Phi) is 4.63. The van der Waals surface area contributed by atoms with Gasteiger partial charge in [-0.3, -0.25) is 0 Å². The van der Waals surface area contributed by atoms with Gasteiger partial charge in [0.1, 0.15) is 8.07 Å². The van der Waals surface area contributed by atoms with Gasteiger partial charge in [-0.1, -0.05) is 59.6 Å². The predicted molar refractivity (Wildman–Crippen MR) is 96.2 cm³/mol. The van der Waals surface area contributed by atoms with Gasteiger partial charge in [0.15, 0.2) is 0 Å². The predicted octanol–water partition coefficient (Wildman–Crippen LogP) is 5.74. The van der Waals surface area contributed by atoms with Crippen molar-refractivity contribution in [3.05, 3.63) is 36.0 Å². The molecule has 0 saturated carbocycles. The molecule has 1 aromatic carbocycles. The number of para-hydroxylation sites is 1. The molecule has 0 spiro atoms. The summed E-state index contributed by atoms with van der Waals surface area (Å²) in [5.74, 6) is 3.54. The minimum absolute atomic E-state index is 0.674. The van der Waals surface area contributed by atoms with Crippen LogP contribution in [0.4, 0.5) is 0 Å². The molecule has 1 aromatic heterocycles. The van der Waals surface area contributed by atoms with Gasteiger partial charge < -0.3 is 4.98 Å². The van der Waals surface area contributed by atoms with Crippen molar-refractivity contribution >= 4 is 19.0 Å². The van der Waals surface area contributed by atoms with Crippen molar-refractivity contribution in [2.45, 2.75) is 58.2 Å². The molecule has 1 N–H and O–H groups in total. The number of hydrogen-bond donors (Lipinski definition) is 1. The molecule has 0 radical (unpaired) electrons. The van der Waals surface area contributed by atoms with Crippen molar-refractivity contribution in [1.82, 2.24) is 4.98 Å². The topological polar surface area (TPSA) is 15.8 Å². The molecule has 0 aliphatic rings. The van der Waals surface area contributed by atoms with Crippen LogP contribution in [0, 0.1) is 11.5 Å². The van der Waals surface area contributed by atoms with E-state index in [0.29, 0.717) is 16.6 Å². The van der Waals surface area contributed by atoms with Crippen LogP contribution >= 0.6 is 0 Å². The Morgan fingerprint density at radius 1 is 0.905 bits per heavy atom. The number of benzene rings is 1. The average Bonchev–Trinajstić information content (AvgIpc) is 2.87. The molecule has 1 nitrogen and oxygen atoms in total. The van der Waals surface area contributed by atoms with Crippen LogP contribution in [0.25, 0.3) is 10.9 Å². The molecule has 21 heavy (non-hydrogen) atoms. The third kappa shape index (κ3) is 2.80. The van der Waals surface area contributed by atoms with Crippen molar-refractivity contribution in [2.24, 2.45) is 0 Å². The lowest BCUT2D eigenvalue weighted by molar-refractivity contribution is 0.838. The zero-order chi connectivity index (χ0) is 15.6. The van der Waals surface area contributed by atoms with Crippen LogP contribution in [0.5, 0.6) is 0 Å². The molecular formula is C19H27NSi. The molecule has 0 fully saturated rings. The summed E-state index contributed by atoms with van der Waals surface area (Å²) >= 11 is 0. The monoisotopic (exact) mass is 297 g/mol. The first-order valence-electron chi connectivity index (χ1n) is 7.98. The molecular weight excluding hydrogens is 270 g/mol. The average molecular weight is 298 g/mol. The molecule has 1 heterocycles. The third-order valence-corrected chi connectivity index (χ3v) is 11.2. The Labute approximate surface area is 130 Å². The van der Waals surface area contributed by atoms with E-state index in [1.165, 1.54) is 10.9 Å². The second-order valence-electron chi connectivity index (χ2n) is 6.89. The van der Waals surface area contributed by atoms with E-state index in [9.17, 15) is 0 Å². The van der Waals surface area contributed by atoms with Crippen molar-refractivity contribution in [2.75, 3.05) is 0 Å². The molecule has 2 heteroatoms. The van der Waals surface area contributed by atoms with Gasteiger partial charge in [-0.15, -0.1) is 5.54 Å². The Morgan fingerprint density at radius 2 is 1.52 bits per heavy atom. The summed E-state index contributed by atoms with van der Waals surface area (Å²) in [5.41, 5.74) is 8.13. The van der Waals surface area contributed by atoms with Gasteiger partial charge in [0.05, 0.1) is 5.52 Å². The second-order valence-corrected chi connectivity index (χ2v) is 12.5. The van der Waals surface area contributed by atoms with Gasteiger partial charge in [-0.05, 0) is 28.8 Å². The summed E-state index contributed by atoms with van der Waals surface area (Å²) in [5, 5.41) is 1.24. The summed E-state index contributed by atoms with van der Waals surface area (Å²) in [6, 6.07) is 8.48. The fourth-order valence-corrected chi connectivity index (χ4v) is 9.01. The van der Waals surface area contributed by atoms with E-state index in [0.717, 1.165) is 5.56 Å². The smallest absolute Gasteiger partial charge is 0.146 e. The minimum Gasteiger partial charge on any atom is -0.360 e. The zero-order valence-electron chi connectivity index (χ0n) is 14.1. The van der Waals surface area contributed by atoms with Crippen LogP contribution in [0.2, 0.25) is 16.6 Å². The first-order chi connectivity index (χ1) is 9.89. The van der Waals surface area contributed by atoms with Crippen molar-refractivity contribution in [1.29, 1.82) is 0 Å². The first kappa shape index (κ1) is 15.9. The van der Waals surface area contributed by atoms with Gasteiger partial charge in [0.2, 0.25) is 0 Å². The molecule has 2 rings (SSSR count). The summed E-state index contributed by atoms with van der Waals surface area (Å²) in [7, 11) is -1.65. The van der Waals surface area contributed by atoms with Crippen LogP contribution in [0.15, 0.2) is 30.5 Å². The highest BCUT2D eigenvalue weighted by Crippen LogP contribution is 2.40. The van der Waals surface area contributed by atoms with Gasteiger partial charge >= 0.3 is 0 Å². The maximum absolute atomic E-state index is 3.80. The highest BCUT2D eigenvalue weighted by atomic mass is 28.3. The Balaban J connectivity index is 2.54.